The minimum absolute atomic E-state index is 0.247. The number of anilines is 1. The van der Waals surface area contributed by atoms with Gasteiger partial charge in [0.15, 0.2) is 0 Å². The zero-order chi connectivity index (χ0) is 19.5. The van der Waals surface area contributed by atoms with Crippen LogP contribution in [0.5, 0.6) is 5.75 Å². The first-order valence-electron chi connectivity index (χ1n) is 9.20. The van der Waals surface area contributed by atoms with Crippen LogP contribution in [0.4, 0.5) is 5.69 Å². The topological polar surface area (TPSA) is 67.3 Å². The van der Waals surface area contributed by atoms with E-state index in [1.54, 1.807) is 31.4 Å². The van der Waals surface area contributed by atoms with Crippen LogP contribution < -0.4 is 10.1 Å². The molecule has 144 valence electrons. The van der Waals surface area contributed by atoms with Gasteiger partial charge in [-0.25, -0.2) is 0 Å². The van der Waals surface area contributed by atoms with Gasteiger partial charge in [-0.15, -0.1) is 10.2 Å². The van der Waals surface area contributed by atoms with Crippen LogP contribution in [0.15, 0.2) is 48.5 Å². The number of aromatic nitrogens is 2. The molecule has 0 saturated carbocycles. The average molecular weight is 395 g/mol. The first-order valence-corrected chi connectivity index (χ1v) is 10.0. The molecule has 0 saturated heterocycles. The number of hydrogen-bond acceptors (Lipinski definition) is 6. The molecule has 28 heavy (non-hydrogen) atoms. The molecule has 6 nitrogen and oxygen atoms in total. The standard InChI is InChI=1S/C21H22N4O2S/c1-25(18-12-7-14-5-3-4-6-17(14)18)13-19-23-24-21(28-19)20(26)22-15-8-10-16(27-2)11-9-15/h3-6,8-11,18H,7,12-13H2,1-2H3,(H,22,26)/t18-/m1/s1. The lowest BCUT2D eigenvalue weighted by Crippen LogP contribution is -2.22. The number of amides is 1. The van der Waals surface area contributed by atoms with Gasteiger partial charge in [-0.3, -0.25) is 9.69 Å². The molecular formula is C21H22N4O2S. The average Bonchev–Trinajstić information content (AvgIpc) is 3.35. The van der Waals surface area contributed by atoms with E-state index >= 15 is 0 Å². The van der Waals surface area contributed by atoms with Gasteiger partial charge < -0.3 is 10.1 Å². The second-order valence-corrected chi connectivity index (χ2v) is 7.91. The van der Waals surface area contributed by atoms with Crippen LogP contribution in [0.25, 0.3) is 0 Å². The minimum Gasteiger partial charge on any atom is -0.497 e. The zero-order valence-electron chi connectivity index (χ0n) is 15.9. The van der Waals surface area contributed by atoms with E-state index in [4.69, 9.17) is 4.74 Å². The van der Waals surface area contributed by atoms with Crippen LogP contribution in [-0.2, 0) is 13.0 Å². The van der Waals surface area contributed by atoms with E-state index in [0.29, 0.717) is 23.3 Å². The third-order valence-electron chi connectivity index (χ3n) is 5.03. The van der Waals surface area contributed by atoms with Gasteiger partial charge in [0.1, 0.15) is 10.8 Å². The number of methoxy groups -OCH3 is 1. The first-order chi connectivity index (χ1) is 13.6. The van der Waals surface area contributed by atoms with Crippen LogP contribution >= 0.6 is 11.3 Å². The zero-order valence-corrected chi connectivity index (χ0v) is 16.7. The van der Waals surface area contributed by atoms with Crippen LogP contribution in [0, 0.1) is 0 Å². The Morgan fingerprint density at radius 3 is 2.79 bits per heavy atom. The van der Waals surface area contributed by atoms with E-state index in [1.807, 2.05) is 0 Å². The summed E-state index contributed by atoms with van der Waals surface area (Å²) in [7, 11) is 3.71. The predicted octanol–water partition coefficient (Wildman–Crippen LogP) is 3.92. The summed E-state index contributed by atoms with van der Waals surface area (Å²) in [5, 5.41) is 12.3. The van der Waals surface area contributed by atoms with Gasteiger partial charge in [-0.2, -0.15) is 0 Å². The number of carbonyl (C=O) groups is 1. The molecule has 1 aliphatic carbocycles. The van der Waals surface area contributed by atoms with Gasteiger partial charge in [0.25, 0.3) is 5.91 Å². The van der Waals surface area contributed by atoms with Crippen LogP contribution in [-0.4, -0.2) is 35.2 Å². The molecule has 1 aliphatic rings. The number of fused-ring (bicyclic) bond motifs is 1. The lowest BCUT2D eigenvalue weighted by atomic mass is 10.1. The Bertz CT molecular complexity index is 971. The molecule has 4 rings (SSSR count). The van der Waals surface area contributed by atoms with E-state index < -0.39 is 0 Å². The lowest BCUT2D eigenvalue weighted by molar-refractivity contribution is 0.102. The smallest absolute Gasteiger partial charge is 0.286 e. The molecular weight excluding hydrogens is 372 g/mol. The molecule has 1 N–H and O–H groups in total. The number of aryl methyl sites for hydroxylation is 1. The number of carbonyl (C=O) groups excluding carboxylic acids is 1. The van der Waals surface area contributed by atoms with Crippen molar-refractivity contribution in [3.63, 3.8) is 0 Å². The Balaban J connectivity index is 1.39. The minimum atomic E-state index is -0.247. The van der Waals surface area contributed by atoms with Crippen molar-refractivity contribution in [3.8, 4) is 5.75 Å². The predicted molar refractivity (Wildman–Crippen MR) is 110 cm³/mol. The van der Waals surface area contributed by atoms with Crippen molar-refractivity contribution in [1.29, 1.82) is 0 Å². The summed E-state index contributed by atoms with van der Waals surface area (Å²) >= 11 is 1.34. The fourth-order valence-corrected chi connectivity index (χ4v) is 4.38. The summed E-state index contributed by atoms with van der Waals surface area (Å²) in [6.45, 7) is 0.673. The summed E-state index contributed by atoms with van der Waals surface area (Å²) < 4.78 is 5.13. The highest BCUT2D eigenvalue weighted by molar-refractivity contribution is 7.13. The molecule has 0 unspecified atom stereocenters. The number of nitrogens with one attached hydrogen (secondary N) is 1. The van der Waals surface area contributed by atoms with Gasteiger partial charge in [0.05, 0.1) is 13.7 Å². The Morgan fingerprint density at radius 1 is 1.21 bits per heavy atom. The monoisotopic (exact) mass is 394 g/mol. The summed E-state index contributed by atoms with van der Waals surface area (Å²) in [4.78, 5) is 14.7. The Hall–Kier alpha value is -2.77. The van der Waals surface area contributed by atoms with Crippen molar-refractivity contribution in [2.75, 3.05) is 19.5 Å². The lowest BCUT2D eigenvalue weighted by Gasteiger charge is -2.23. The molecule has 0 aliphatic heterocycles. The molecule has 0 fully saturated rings. The normalized spacial score (nSPS) is 15.5. The number of nitrogens with zero attached hydrogens (tertiary/aromatic N) is 3. The molecule has 3 aromatic rings. The second kappa shape index (κ2) is 8.08. The molecule has 1 atom stereocenters. The van der Waals surface area contributed by atoms with E-state index in [2.05, 4.69) is 51.7 Å². The summed E-state index contributed by atoms with van der Waals surface area (Å²) in [6, 6.07) is 16.2. The van der Waals surface area contributed by atoms with Crippen molar-refractivity contribution in [1.82, 2.24) is 15.1 Å². The van der Waals surface area contributed by atoms with Gasteiger partial charge in [0.2, 0.25) is 5.01 Å². The number of benzene rings is 2. The van der Waals surface area contributed by atoms with E-state index in [9.17, 15) is 4.79 Å². The molecule has 1 heterocycles. The number of rotatable bonds is 6. The Labute approximate surface area is 168 Å². The highest BCUT2D eigenvalue weighted by Crippen LogP contribution is 2.35. The number of hydrogen-bond donors (Lipinski definition) is 1. The molecule has 1 aromatic heterocycles. The van der Waals surface area contributed by atoms with Gasteiger partial charge in [-0.05, 0) is 55.3 Å². The Kier molecular flexibility index (Phi) is 5.36. The quantitative estimate of drug-likeness (QED) is 0.686. The third-order valence-corrected chi connectivity index (χ3v) is 5.93. The molecule has 7 heteroatoms. The van der Waals surface area contributed by atoms with Crippen LogP contribution in [0.2, 0.25) is 0 Å². The Morgan fingerprint density at radius 2 is 2.00 bits per heavy atom. The summed E-state index contributed by atoms with van der Waals surface area (Å²) in [5.74, 6) is 0.496. The van der Waals surface area contributed by atoms with E-state index in [1.165, 1.54) is 22.5 Å². The highest BCUT2D eigenvalue weighted by atomic mass is 32.1. The van der Waals surface area contributed by atoms with E-state index in [-0.39, 0.29) is 5.91 Å². The van der Waals surface area contributed by atoms with E-state index in [0.717, 1.165) is 23.6 Å². The molecule has 0 spiro atoms. The maximum atomic E-state index is 12.4. The largest absolute Gasteiger partial charge is 0.497 e. The maximum absolute atomic E-state index is 12.4. The SMILES string of the molecule is COc1ccc(NC(=O)c2nnc(CN(C)[C@@H]3CCc4ccccc43)s2)cc1. The second-order valence-electron chi connectivity index (χ2n) is 6.85. The summed E-state index contributed by atoms with van der Waals surface area (Å²) in [6.07, 6.45) is 2.22. The molecule has 2 aromatic carbocycles. The fourth-order valence-electron chi connectivity index (χ4n) is 3.58. The molecule has 0 radical (unpaired) electrons. The summed E-state index contributed by atoms with van der Waals surface area (Å²) in [5.41, 5.74) is 3.52. The van der Waals surface area contributed by atoms with Crippen molar-refractivity contribution >= 4 is 22.9 Å². The number of ether oxygens (including phenoxy) is 1. The van der Waals surface area contributed by atoms with Gasteiger partial charge in [-0.1, -0.05) is 35.6 Å². The van der Waals surface area contributed by atoms with Crippen molar-refractivity contribution in [3.05, 3.63) is 69.7 Å². The fraction of sp³-hybridized carbons (Fsp3) is 0.286. The third kappa shape index (κ3) is 3.90. The van der Waals surface area contributed by atoms with Crippen molar-refractivity contribution in [2.24, 2.45) is 0 Å². The van der Waals surface area contributed by atoms with Crippen LogP contribution in [0.1, 0.15) is 38.4 Å². The molecule has 1 amide bonds. The van der Waals surface area contributed by atoms with Crippen molar-refractivity contribution in [2.45, 2.75) is 25.4 Å². The maximum Gasteiger partial charge on any atom is 0.286 e. The van der Waals surface area contributed by atoms with Crippen LogP contribution in [0.3, 0.4) is 0 Å². The first kappa shape index (κ1) is 18.6. The highest BCUT2D eigenvalue weighted by Gasteiger charge is 2.26. The van der Waals surface area contributed by atoms with Gasteiger partial charge >= 0.3 is 0 Å². The molecule has 0 bridgehead atoms. The van der Waals surface area contributed by atoms with Gasteiger partial charge in [0, 0.05) is 11.7 Å². The van der Waals surface area contributed by atoms with Crippen molar-refractivity contribution < 1.29 is 9.53 Å².